The summed E-state index contributed by atoms with van der Waals surface area (Å²) >= 11 is 7.76. The van der Waals surface area contributed by atoms with Gasteiger partial charge in [-0.2, -0.15) is 0 Å². The first-order valence-corrected chi connectivity index (χ1v) is 8.64. The Bertz CT molecular complexity index is 512. The summed E-state index contributed by atoms with van der Waals surface area (Å²) in [5.74, 6) is 0. The number of hydrogen-bond acceptors (Lipinski definition) is 2. The van der Waals surface area contributed by atoms with Crippen molar-refractivity contribution in [2.75, 3.05) is 6.54 Å². The fourth-order valence-electron chi connectivity index (χ4n) is 1.85. The predicted octanol–water partition coefficient (Wildman–Crippen LogP) is 5.20. The zero-order chi connectivity index (χ0) is 13.0. The van der Waals surface area contributed by atoms with Gasteiger partial charge in [0.05, 0.1) is 9.83 Å². The highest BCUT2D eigenvalue weighted by Gasteiger charge is 2.17. The zero-order valence-corrected chi connectivity index (χ0v) is 14.7. The number of thiophene rings is 1. The van der Waals surface area contributed by atoms with Crippen molar-refractivity contribution in [1.82, 2.24) is 5.32 Å². The first-order valence-electron chi connectivity index (χ1n) is 5.95. The Morgan fingerprint density at radius 1 is 1.28 bits per heavy atom. The van der Waals surface area contributed by atoms with Gasteiger partial charge in [-0.15, -0.1) is 11.3 Å². The van der Waals surface area contributed by atoms with Crippen LogP contribution < -0.4 is 5.32 Å². The smallest absolute Gasteiger partial charge is 0.0702 e. The largest absolute Gasteiger partial charge is 0.306 e. The Balaban J connectivity index is 2.33. The van der Waals surface area contributed by atoms with Crippen LogP contribution >= 0.6 is 49.9 Å². The standard InChI is InChI=1S/C14H15BrINS/c1-2-9-17-14(12-7-8-13(15)18-12)10-5-3-4-6-11(10)16/h3-8,14,17H,2,9H2,1H3. The summed E-state index contributed by atoms with van der Waals surface area (Å²) in [6, 6.07) is 13.2. The fraction of sp³-hybridized carbons (Fsp3) is 0.286. The summed E-state index contributed by atoms with van der Waals surface area (Å²) in [5, 5.41) is 3.64. The number of hydrogen-bond donors (Lipinski definition) is 1. The first kappa shape index (κ1) is 14.5. The molecule has 0 radical (unpaired) electrons. The molecule has 1 N–H and O–H groups in total. The fourth-order valence-corrected chi connectivity index (χ4v) is 4.06. The molecule has 0 amide bonds. The molecule has 0 fully saturated rings. The Morgan fingerprint density at radius 3 is 2.67 bits per heavy atom. The molecular formula is C14H15BrINS. The van der Waals surface area contributed by atoms with E-state index in [9.17, 15) is 0 Å². The molecule has 0 aliphatic rings. The lowest BCUT2D eigenvalue weighted by molar-refractivity contribution is 0.604. The highest BCUT2D eigenvalue weighted by molar-refractivity contribution is 14.1. The molecule has 18 heavy (non-hydrogen) atoms. The summed E-state index contributed by atoms with van der Waals surface area (Å²) in [5.41, 5.74) is 1.36. The SMILES string of the molecule is CCCNC(c1ccc(Br)s1)c1ccccc1I. The van der Waals surface area contributed by atoms with Crippen molar-refractivity contribution in [3.05, 3.63) is 54.2 Å². The molecule has 1 aromatic heterocycles. The average molecular weight is 436 g/mol. The lowest BCUT2D eigenvalue weighted by Crippen LogP contribution is -2.23. The van der Waals surface area contributed by atoms with Gasteiger partial charge in [0.2, 0.25) is 0 Å². The minimum atomic E-state index is 0.300. The number of nitrogens with one attached hydrogen (secondary N) is 1. The van der Waals surface area contributed by atoms with Crippen molar-refractivity contribution in [2.45, 2.75) is 19.4 Å². The monoisotopic (exact) mass is 435 g/mol. The second-order valence-corrected chi connectivity index (χ2v) is 7.71. The average Bonchev–Trinajstić information content (AvgIpc) is 2.78. The number of rotatable bonds is 5. The minimum Gasteiger partial charge on any atom is -0.306 e. The van der Waals surface area contributed by atoms with E-state index < -0.39 is 0 Å². The summed E-state index contributed by atoms with van der Waals surface area (Å²) < 4.78 is 2.50. The Labute approximate surface area is 134 Å². The van der Waals surface area contributed by atoms with Gasteiger partial charge in [-0.3, -0.25) is 0 Å². The predicted molar refractivity (Wildman–Crippen MR) is 91.3 cm³/mol. The van der Waals surface area contributed by atoms with Crippen LogP contribution in [0.2, 0.25) is 0 Å². The van der Waals surface area contributed by atoms with Crippen molar-refractivity contribution in [1.29, 1.82) is 0 Å². The van der Waals surface area contributed by atoms with E-state index >= 15 is 0 Å². The molecule has 1 heterocycles. The number of halogens is 2. The van der Waals surface area contributed by atoms with Crippen molar-refractivity contribution in [3.8, 4) is 0 Å². The molecule has 0 aliphatic heterocycles. The molecule has 0 bridgehead atoms. The van der Waals surface area contributed by atoms with E-state index in [4.69, 9.17) is 0 Å². The van der Waals surface area contributed by atoms with Gasteiger partial charge in [-0.1, -0.05) is 25.1 Å². The summed E-state index contributed by atoms with van der Waals surface area (Å²) in [6.07, 6.45) is 1.15. The Morgan fingerprint density at radius 2 is 2.06 bits per heavy atom. The van der Waals surface area contributed by atoms with Crippen LogP contribution in [0, 0.1) is 3.57 Å². The molecule has 1 aromatic carbocycles. The lowest BCUT2D eigenvalue weighted by Gasteiger charge is -2.19. The van der Waals surface area contributed by atoms with Crippen LogP contribution in [0.15, 0.2) is 40.2 Å². The molecular weight excluding hydrogens is 421 g/mol. The van der Waals surface area contributed by atoms with E-state index in [-0.39, 0.29) is 0 Å². The van der Waals surface area contributed by atoms with E-state index in [1.54, 1.807) is 11.3 Å². The van der Waals surface area contributed by atoms with Crippen LogP contribution in [0.1, 0.15) is 29.8 Å². The van der Waals surface area contributed by atoms with Crippen LogP contribution in [0.25, 0.3) is 0 Å². The highest BCUT2D eigenvalue weighted by atomic mass is 127. The molecule has 96 valence electrons. The highest BCUT2D eigenvalue weighted by Crippen LogP contribution is 2.33. The van der Waals surface area contributed by atoms with Gasteiger partial charge in [0.15, 0.2) is 0 Å². The molecule has 0 saturated carbocycles. The zero-order valence-electron chi connectivity index (χ0n) is 10.1. The van der Waals surface area contributed by atoms with Crippen molar-refractivity contribution < 1.29 is 0 Å². The van der Waals surface area contributed by atoms with Gasteiger partial charge < -0.3 is 5.32 Å². The molecule has 1 atom stereocenters. The number of benzene rings is 1. The van der Waals surface area contributed by atoms with E-state index in [2.05, 4.69) is 87.2 Å². The van der Waals surface area contributed by atoms with Crippen LogP contribution in [0.5, 0.6) is 0 Å². The van der Waals surface area contributed by atoms with Crippen LogP contribution in [-0.4, -0.2) is 6.54 Å². The van der Waals surface area contributed by atoms with Crippen molar-refractivity contribution in [2.24, 2.45) is 0 Å². The topological polar surface area (TPSA) is 12.0 Å². The molecule has 0 aliphatic carbocycles. The lowest BCUT2D eigenvalue weighted by atomic mass is 10.1. The van der Waals surface area contributed by atoms with Crippen molar-refractivity contribution >= 4 is 49.9 Å². The maximum atomic E-state index is 3.64. The Hall–Kier alpha value is 0.0900. The molecule has 0 spiro atoms. The molecule has 2 rings (SSSR count). The van der Waals surface area contributed by atoms with E-state index in [1.165, 1.54) is 17.8 Å². The maximum absolute atomic E-state index is 3.64. The normalized spacial score (nSPS) is 12.6. The van der Waals surface area contributed by atoms with Gasteiger partial charge in [0.25, 0.3) is 0 Å². The van der Waals surface area contributed by atoms with Gasteiger partial charge in [0, 0.05) is 8.45 Å². The van der Waals surface area contributed by atoms with Crippen molar-refractivity contribution in [3.63, 3.8) is 0 Å². The molecule has 0 saturated heterocycles. The van der Waals surface area contributed by atoms with Gasteiger partial charge in [-0.25, -0.2) is 0 Å². The maximum Gasteiger partial charge on any atom is 0.0702 e. The van der Waals surface area contributed by atoms with Crippen LogP contribution in [-0.2, 0) is 0 Å². The third kappa shape index (κ3) is 3.56. The van der Waals surface area contributed by atoms with Gasteiger partial charge >= 0.3 is 0 Å². The molecule has 2 aromatic rings. The summed E-state index contributed by atoms with van der Waals surface area (Å²) in [7, 11) is 0. The third-order valence-corrected chi connectivity index (χ3v) is 5.36. The summed E-state index contributed by atoms with van der Waals surface area (Å²) in [6.45, 7) is 3.23. The van der Waals surface area contributed by atoms with E-state index in [1.807, 2.05) is 0 Å². The van der Waals surface area contributed by atoms with Gasteiger partial charge in [0.1, 0.15) is 0 Å². The quantitative estimate of drug-likeness (QED) is 0.636. The first-order chi connectivity index (χ1) is 8.72. The molecule has 4 heteroatoms. The van der Waals surface area contributed by atoms with Crippen LogP contribution in [0.3, 0.4) is 0 Å². The van der Waals surface area contributed by atoms with E-state index in [0.29, 0.717) is 6.04 Å². The molecule has 1 nitrogen and oxygen atoms in total. The van der Waals surface area contributed by atoms with E-state index in [0.717, 1.165) is 13.0 Å². The minimum absolute atomic E-state index is 0.300. The van der Waals surface area contributed by atoms with Crippen LogP contribution in [0.4, 0.5) is 0 Å². The Kier molecular flexibility index (Phi) is 5.66. The second kappa shape index (κ2) is 7.03. The second-order valence-electron chi connectivity index (χ2n) is 4.05. The van der Waals surface area contributed by atoms with Gasteiger partial charge in [-0.05, 0) is 75.2 Å². The third-order valence-electron chi connectivity index (χ3n) is 2.69. The summed E-state index contributed by atoms with van der Waals surface area (Å²) in [4.78, 5) is 1.36. The molecule has 1 unspecified atom stereocenters.